The maximum absolute atomic E-state index is 6.06. The topological polar surface area (TPSA) is 65.7 Å². The quantitative estimate of drug-likeness (QED) is 0.610. The second-order valence-electron chi connectivity index (χ2n) is 7.26. The van der Waals surface area contributed by atoms with Gasteiger partial charge >= 0.3 is 0 Å². The number of hydrazine groups is 1. The first-order valence-corrected chi connectivity index (χ1v) is 8.39. The van der Waals surface area contributed by atoms with Gasteiger partial charge < -0.3 is 14.2 Å². The van der Waals surface area contributed by atoms with Crippen molar-refractivity contribution in [2.24, 2.45) is 23.6 Å². The van der Waals surface area contributed by atoms with Crippen LogP contribution in [0.3, 0.4) is 0 Å². The molecule has 7 atom stereocenters. The molecule has 7 unspecified atom stereocenters. The standard InChI is InChI=1S/C16H30N2O3/c1-10-11(2)21-12(3)14(10)15(18-17)13-4-6-20-16(8-13)5-7-19-9-16/h10-15,18H,4-9,17H2,1-3H3. The molecule has 3 heterocycles. The van der Waals surface area contributed by atoms with E-state index in [1.807, 2.05) is 0 Å². The normalized spacial score (nSPS) is 48.9. The van der Waals surface area contributed by atoms with Gasteiger partial charge in [-0.1, -0.05) is 6.92 Å². The van der Waals surface area contributed by atoms with Gasteiger partial charge in [-0.3, -0.25) is 11.3 Å². The molecule has 21 heavy (non-hydrogen) atoms. The number of nitrogens with two attached hydrogens (primary N) is 1. The molecular weight excluding hydrogens is 268 g/mol. The maximum atomic E-state index is 6.06. The predicted molar refractivity (Wildman–Crippen MR) is 80.6 cm³/mol. The lowest BCUT2D eigenvalue weighted by Gasteiger charge is -2.43. The lowest BCUT2D eigenvalue weighted by molar-refractivity contribution is -0.107. The van der Waals surface area contributed by atoms with E-state index in [1.54, 1.807) is 0 Å². The smallest absolute Gasteiger partial charge is 0.0939 e. The van der Waals surface area contributed by atoms with E-state index in [9.17, 15) is 0 Å². The van der Waals surface area contributed by atoms with Crippen molar-refractivity contribution in [3.05, 3.63) is 0 Å². The summed E-state index contributed by atoms with van der Waals surface area (Å²) in [6, 6.07) is 0.293. The number of hydrogen-bond acceptors (Lipinski definition) is 5. The third kappa shape index (κ3) is 2.86. The van der Waals surface area contributed by atoms with Crippen LogP contribution < -0.4 is 11.3 Å². The van der Waals surface area contributed by atoms with Crippen LogP contribution in [0.4, 0.5) is 0 Å². The van der Waals surface area contributed by atoms with Gasteiger partial charge in [0, 0.05) is 31.6 Å². The Labute approximate surface area is 127 Å². The van der Waals surface area contributed by atoms with Crippen LogP contribution in [0.2, 0.25) is 0 Å². The molecule has 0 bridgehead atoms. The Morgan fingerprint density at radius 1 is 1.19 bits per heavy atom. The number of hydrogen-bond donors (Lipinski definition) is 2. The van der Waals surface area contributed by atoms with Crippen LogP contribution in [0.15, 0.2) is 0 Å². The van der Waals surface area contributed by atoms with Gasteiger partial charge in [0.25, 0.3) is 0 Å². The molecule has 0 saturated carbocycles. The highest BCUT2D eigenvalue weighted by Crippen LogP contribution is 2.42. The number of rotatable bonds is 3. The van der Waals surface area contributed by atoms with Gasteiger partial charge in [-0.25, -0.2) is 0 Å². The first kappa shape index (κ1) is 15.7. The van der Waals surface area contributed by atoms with Crippen molar-refractivity contribution in [3.63, 3.8) is 0 Å². The Morgan fingerprint density at radius 3 is 2.57 bits per heavy atom. The van der Waals surface area contributed by atoms with Crippen LogP contribution in [0.5, 0.6) is 0 Å². The minimum Gasteiger partial charge on any atom is -0.378 e. The zero-order valence-electron chi connectivity index (χ0n) is 13.5. The molecule has 1 spiro atoms. The fraction of sp³-hybridized carbons (Fsp3) is 1.00. The summed E-state index contributed by atoms with van der Waals surface area (Å²) in [6.45, 7) is 9.02. The van der Waals surface area contributed by atoms with Gasteiger partial charge in [0.15, 0.2) is 0 Å². The van der Waals surface area contributed by atoms with Crippen molar-refractivity contribution in [2.45, 2.75) is 63.9 Å². The lowest BCUT2D eigenvalue weighted by Crippen LogP contribution is -2.54. The molecule has 3 fully saturated rings. The molecule has 3 rings (SSSR count). The van der Waals surface area contributed by atoms with Crippen molar-refractivity contribution in [3.8, 4) is 0 Å². The summed E-state index contributed by atoms with van der Waals surface area (Å²) in [5.41, 5.74) is 3.07. The molecule has 0 aromatic rings. The largest absolute Gasteiger partial charge is 0.378 e. The first-order valence-electron chi connectivity index (χ1n) is 8.39. The summed E-state index contributed by atoms with van der Waals surface area (Å²) in [7, 11) is 0. The maximum Gasteiger partial charge on any atom is 0.0939 e. The van der Waals surface area contributed by atoms with Gasteiger partial charge in [0.2, 0.25) is 0 Å². The molecule has 3 aliphatic heterocycles. The van der Waals surface area contributed by atoms with Gasteiger partial charge in [-0.15, -0.1) is 0 Å². The average Bonchev–Trinajstić information content (AvgIpc) is 3.00. The van der Waals surface area contributed by atoms with Crippen molar-refractivity contribution < 1.29 is 14.2 Å². The second-order valence-corrected chi connectivity index (χ2v) is 7.26. The fourth-order valence-corrected chi connectivity index (χ4v) is 4.71. The summed E-state index contributed by atoms with van der Waals surface area (Å²) >= 11 is 0. The molecule has 0 radical (unpaired) electrons. The summed E-state index contributed by atoms with van der Waals surface area (Å²) in [5, 5.41) is 0. The van der Waals surface area contributed by atoms with Crippen molar-refractivity contribution in [2.75, 3.05) is 19.8 Å². The van der Waals surface area contributed by atoms with E-state index in [1.165, 1.54) is 0 Å². The van der Waals surface area contributed by atoms with Crippen molar-refractivity contribution in [1.82, 2.24) is 5.43 Å². The van der Waals surface area contributed by atoms with Gasteiger partial charge in [-0.05, 0) is 38.5 Å². The highest BCUT2D eigenvalue weighted by atomic mass is 16.6. The van der Waals surface area contributed by atoms with E-state index in [-0.39, 0.29) is 11.7 Å². The Hall–Kier alpha value is -0.200. The zero-order valence-corrected chi connectivity index (χ0v) is 13.5. The average molecular weight is 298 g/mol. The molecule has 0 aliphatic carbocycles. The molecule has 5 nitrogen and oxygen atoms in total. The van der Waals surface area contributed by atoms with E-state index in [0.29, 0.717) is 29.9 Å². The Balaban J connectivity index is 1.73. The summed E-state index contributed by atoms with van der Waals surface area (Å²) in [4.78, 5) is 0. The minimum absolute atomic E-state index is 0.0600. The molecule has 5 heteroatoms. The van der Waals surface area contributed by atoms with Crippen molar-refractivity contribution in [1.29, 1.82) is 0 Å². The Morgan fingerprint density at radius 2 is 2.00 bits per heavy atom. The Bertz CT molecular complexity index is 359. The van der Waals surface area contributed by atoms with Crippen LogP contribution >= 0.6 is 0 Å². The molecule has 0 aromatic heterocycles. The van der Waals surface area contributed by atoms with Crippen LogP contribution in [0.25, 0.3) is 0 Å². The van der Waals surface area contributed by atoms with Crippen LogP contribution in [0.1, 0.15) is 40.0 Å². The third-order valence-electron chi connectivity index (χ3n) is 6.03. The lowest BCUT2D eigenvalue weighted by atomic mass is 9.72. The third-order valence-corrected chi connectivity index (χ3v) is 6.03. The predicted octanol–water partition coefficient (Wildman–Crippen LogP) is 1.46. The van der Waals surface area contributed by atoms with Gasteiger partial charge in [0.1, 0.15) is 0 Å². The SMILES string of the molecule is CC1OC(C)C(C(NN)C2CCOC3(CCOC3)C2)C1C. The monoisotopic (exact) mass is 298 g/mol. The molecule has 0 amide bonds. The molecule has 3 aliphatic rings. The molecule has 3 N–H and O–H groups in total. The van der Waals surface area contributed by atoms with Gasteiger partial charge in [-0.2, -0.15) is 0 Å². The van der Waals surface area contributed by atoms with Crippen molar-refractivity contribution >= 4 is 0 Å². The van der Waals surface area contributed by atoms with E-state index < -0.39 is 0 Å². The van der Waals surface area contributed by atoms with E-state index in [0.717, 1.165) is 39.1 Å². The van der Waals surface area contributed by atoms with E-state index >= 15 is 0 Å². The molecular formula is C16H30N2O3. The highest BCUT2D eigenvalue weighted by molar-refractivity contribution is 4.99. The minimum atomic E-state index is -0.0600. The Kier molecular flexibility index (Phi) is 4.58. The zero-order chi connectivity index (χ0) is 15.0. The molecule has 3 saturated heterocycles. The van der Waals surface area contributed by atoms with Crippen LogP contribution in [-0.2, 0) is 14.2 Å². The van der Waals surface area contributed by atoms with Gasteiger partial charge in [0.05, 0.1) is 24.4 Å². The second kappa shape index (κ2) is 6.13. The van der Waals surface area contributed by atoms with Crippen LogP contribution in [-0.4, -0.2) is 43.7 Å². The summed E-state index contributed by atoms with van der Waals surface area (Å²) in [5.74, 6) is 7.49. The van der Waals surface area contributed by atoms with E-state index in [2.05, 4.69) is 26.2 Å². The highest BCUT2D eigenvalue weighted by Gasteiger charge is 2.48. The van der Waals surface area contributed by atoms with Crippen LogP contribution in [0, 0.1) is 17.8 Å². The summed E-state index contributed by atoms with van der Waals surface area (Å²) < 4.78 is 17.7. The fourth-order valence-electron chi connectivity index (χ4n) is 4.71. The first-order chi connectivity index (χ1) is 10.1. The number of nitrogens with one attached hydrogen (secondary N) is 1. The molecule has 122 valence electrons. The number of ether oxygens (including phenoxy) is 3. The van der Waals surface area contributed by atoms with E-state index in [4.69, 9.17) is 20.1 Å². The molecule has 0 aromatic carbocycles. The summed E-state index contributed by atoms with van der Waals surface area (Å²) in [6.07, 6.45) is 3.70.